The third-order valence-corrected chi connectivity index (χ3v) is 4.46. The summed E-state index contributed by atoms with van der Waals surface area (Å²) in [6, 6.07) is 0. The highest BCUT2D eigenvalue weighted by molar-refractivity contribution is 7.18. The molecule has 86 valence electrons. The summed E-state index contributed by atoms with van der Waals surface area (Å²) in [7, 11) is 3.23. The number of rotatable bonds is 1. The van der Waals surface area contributed by atoms with E-state index in [1.807, 2.05) is 6.92 Å². The van der Waals surface area contributed by atoms with Gasteiger partial charge in [-0.15, -0.1) is 11.3 Å². The minimum absolute atomic E-state index is 0.188. The Hall–Kier alpha value is -1.36. The second kappa shape index (κ2) is 3.59. The number of hydrogen-bond donors (Lipinski definition) is 0. The second-order valence-electron chi connectivity index (χ2n) is 3.89. The van der Waals surface area contributed by atoms with Gasteiger partial charge in [-0.3, -0.25) is 13.9 Å². The van der Waals surface area contributed by atoms with E-state index in [0.717, 1.165) is 16.8 Å². The molecule has 4 nitrogen and oxygen atoms in total. The maximum atomic E-state index is 12.0. The van der Waals surface area contributed by atoms with Crippen molar-refractivity contribution in [3.05, 3.63) is 31.3 Å². The van der Waals surface area contributed by atoms with Gasteiger partial charge in [0.05, 0.1) is 5.39 Å². The normalized spacial score (nSPS) is 11.2. The Bertz CT molecular complexity index is 676. The quantitative estimate of drug-likeness (QED) is 0.748. The van der Waals surface area contributed by atoms with Crippen LogP contribution in [0.1, 0.15) is 17.4 Å². The van der Waals surface area contributed by atoms with Crippen molar-refractivity contribution >= 4 is 21.6 Å². The van der Waals surface area contributed by atoms with Gasteiger partial charge in [-0.05, 0) is 18.9 Å². The summed E-state index contributed by atoms with van der Waals surface area (Å²) in [4.78, 5) is 25.7. The standard InChI is InChI=1S/C11H14N2O2S/c1-5-7-6(2)8-9(14)12(3)11(15)13(4)10(8)16-7/h5H2,1-4H3. The van der Waals surface area contributed by atoms with Gasteiger partial charge in [-0.1, -0.05) is 6.92 Å². The van der Waals surface area contributed by atoms with Crippen LogP contribution < -0.4 is 11.2 Å². The van der Waals surface area contributed by atoms with Gasteiger partial charge in [-0.2, -0.15) is 0 Å². The fourth-order valence-electron chi connectivity index (χ4n) is 1.94. The van der Waals surface area contributed by atoms with Gasteiger partial charge in [0.1, 0.15) is 4.83 Å². The first-order valence-corrected chi connectivity index (χ1v) is 5.98. The lowest BCUT2D eigenvalue weighted by molar-refractivity contribution is 0.717. The van der Waals surface area contributed by atoms with Crippen molar-refractivity contribution < 1.29 is 0 Å². The third-order valence-electron chi connectivity index (χ3n) is 2.95. The summed E-state index contributed by atoms with van der Waals surface area (Å²) >= 11 is 1.54. The molecule has 0 N–H and O–H groups in total. The van der Waals surface area contributed by atoms with Crippen LogP contribution in [-0.2, 0) is 20.5 Å². The van der Waals surface area contributed by atoms with E-state index < -0.39 is 0 Å². The molecular weight excluding hydrogens is 224 g/mol. The first-order chi connectivity index (χ1) is 7.49. The van der Waals surface area contributed by atoms with Crippen molar-refractivity contribution in [3.63, 3.8) is 0 Å². The maximum absolute atomic E-state index is 12.0. The van der Waals surface area contributed by atoms with Crippen molar-refractivity contribution in [3.8, 4) is 0 Å². The van der Waals surface area contributed by atoms with E-state index in [9.17, 15) is 9.59 Å². The Balaban J connectivity index is 3.13. The Labute approximate surface area is 96.8 Å². The third kappa shape index (κ3) is 1.28. The molecule has 0 radical (unpaired) electrons. The van der Waals surface area contributed by atoms with Gasteiger partial charge in [0.25, 0.3) is 5.56 Å². The fraction of sp³-hybridized carbons (Fsp3) is 0.455. The molecule has 2 aromatic rings. The molecule has 2 rings (SSSR count). The summed E-state index contributed by atoms with van der Waals surface area (Å²) in [5.41, 5.74) is 0.562. The van der Waals surface area contributed by atoms with Crippen LogP contribution in [0.25, 0.3) is 10.2 Å². The molecule has 0 fully saturated rings. The first kappa shape index (κ1) is 11.1. The smallest absolute Gasteiger partial charge is 0.287 e. The molecule has 0 amide bonds. The Kier molecular flexibility index (Phi) is 2.50. The van der Waals surface area contributed by atoms with Crippen LogP contribution in [0.15, 0.2) is 9.59 Å². The molecule has 0 atom stereocenters. The number of thiophene rings is 1. The second-order valence-corrected chi connectivity index (χ2v) is 4.97. The summed E-state index contributed by atoms with van der Waals surface area (Å²) in [5, 5.41) is 0.687. The van der Waals surface area contributed by atoms with E-state index in [1.165, 1.54) is 27.8 Å². The monoisotopic (exact) mass is 238 g/mol. The van der Waals surface area contributed by atoms with E-state index >= 15 is 0 Å². The van der Waals surface area contributed by atoms with Crippen molar-refractivity contribution in [1.29, 1.82) is 0 Å². The van der Waals surface area contributed by atoms with E-state index in [2.05, 4.69) is 6.92 Å². The van der Waals surface area contributed by atoms with Crippen LogP contribution in [0.5, 0.6) is 0 Å². The molecule has 0 bridgehead atoms. The van der Waals surface area contributed by atoms with Crippen LogP contribution in [-0.4, -0.2) is 9.13 Å². The molecule has 0 saturated carbocycles. The number of aryl methyl sites for hydroxylation is 3. The Morgan fingerprint density at radius 3 is 2.38 bits per heavy atom. The van der Waals surface area contributed by atoms with Gasteiger partial charge in [-0.25, -0.2) is 4.79 Å². The van der Waals surface area contributed by atoms with E-state index in [-0.39, 0.29) is 11.2 Å². The molecule has 16 heavy (non-hydrogen) atoms. The maximum Gasteiger partial charge on any atom is 0.331 e. The zero-order valence-corrected chi connectivity index (χ0v) is 10.6. The molecule has 0 aliphatic carbocycles. The predicted octanol–water partition coefficient (Wildman–Crippen LogP) is 1.17. The van der Waals surface area contributed by atoms with E-state index in [0.29, 0.717) is 5.39 Å². The largest absolute Gasteiger partial charge is 0.331 e. The van der Waals surface area contributed by atoms with Crippen LogP contribution in [0, 0.1) is 6.92 Å². The Morgan fingerprint density at radius 2 is 1.81 bits per heavy atom. The topological polar surface area (TPSA) is 44.0 Å². The SMILES string of the molecule is CCc1sc2c(c1C)c(=O)n(C)c(=O)n2C. The summed E-state index contributed by atoms with van der Waals surface area (Å²) in [6.07, 6.45) is 0.891. The van der Waals surface area contributed by atoms with Crippen LogP contribution >= 0.6 is 11.3 Å². The molecule has 0 aliphatic heterocycles. The van der Waals surface area contributed by atoms with Crippen molar-refractivity contribution in [2.75, 3.05) is 0 Å². The molecule has 0 aromatic carbocycles. The van der Waals surface area contributed by atoms with Gasteiger partial charge >= 0.3 is 5.69 Å². The molecule has 2 aromatic heterocycles. The Morgan fingerprint density at radius 1 is 1.19 bits per heavy atom. The van der Waals surface area contributed by atoms with Gasteiger partial charge in [0.15, 0.2) is 0 Å². The number of nitrogens with zero attached hydrogens (tertiary/aromatic N) is 2. The predicted molar refractivity (Wildman–Crippen MR) is 66.4 cm³/mol. The average Bonchev–Trinajstić information content (AvgIpc) is 2.61. The minimum Gasteiger partial charge on any atom is -0.287 e. The van der Waals surface area contributed by atoms with Crippen molar-refractivity contribution in [1.82, 2.24) is 9.13 Å². The lowest BCUT2D eigenvalue weighted by atomic mass is 10.2. The first-order valence-electron chi connectivity index (χ1n) is 5.17. The molecule has 2 heterocycles. The van der Waals surface area contributed by atoms with Crippen LogP contribution in [0.2, 0.25) is 0 Å². The number of aromatic nitrogens is 2. The number of fused-ring (bicyclic) bond motifs is 1. The van der Waals surface area contributed by atoms with Gasteiger partial charge in [0.2, 0.25) is 0 Å². The lowest BCUT2D eigenvalue weighted by Crippen LogP contribution is -2.36. The molecule has 5 heteroatoms. The molecular formula is C11H14N2O2S. The fourth-order valence-corrected chi connectivity index (χ4v) is 3.13. The molecule has 0 spiro atoms. The zero-order valence-electron chi connectivity index (χ0n) is 9.83. The average molecular weight is 238 g/mol. The van der Waals surface area contributed by atoms with Gasteiger partial charge in [0, 0.05) is 19.0 Å². The highest BCUT2D eigenvalue weighted by atomic mass is 32.1. The van der Waals surface area contributed by atoms with Gasteiger partial charge < -0.3 is 0 Å². The summed E-state index contributed by atoms with van der Waals surface area (Å²) in [5.74, 6) is 0. The highest BCUT2D eigenvalue weighted by Gasteiger charge is 2.15. The van der Waals surface area contributed by atoms with E-state index in [1.54, 1.807) is 11.6 Å². The van der Waals surface area contributed by atoms with E-state index in [4.69, 9.17) is 0 Å². The zero-order chi connectivity index (χ0) is 12.0. The van der Waals surface area contributed by atoms with Crippen molar-refractivity contribution in [2.24, 2.45) is 14.1 Å². The highest BCUT2D eigenvalue weighted by Crippen LogP contribution is 2.27. The molecule has 0 unspecified atom stereocenters. The van der Waals surface area contributed by atoms with Crippen molar-refractivity contribution in [2.45, 2.75) is 20.3 Å². The minimum atomic E-state index is -0.263. The number of hydrogen-bond acceptors (Lipinski definition) is 3. The van der Waals surface area contributed by atoms with Crippen LogP contribution in [0.4, 0.5) is 0 Å². The lowest BCUT2D eigenvalue weighted by Gasteiger charge is -2.02. The summed E-state index contributed by atoms with van der Waals surface area (Å²) < 4.78 is 2.72. The van der Waals surface area contributed by atoms with Crippen LogP contribution in [0.3, 0.4) is 0 Å². The molecule has 0 aliphatic rings. The molecule has 0 saturated heterocycles. The summed E-state index contributed by atoms with van der Waals surface area (Å²) in [6.45, 7) is 4.00.